The van der Waals surface area contributed by atoms with E-state index in [0.717, 1.165) is 24.4 Å². The lowest BCUT2D eigenvalue weighted by Gasteiger charge is -2.15. The lowest BCUT2D eigenvalue weighted by Crippen LogP contribution is -2.29. The molecule has 0 saturated carbocycles. The van der Waals surface area contributed by atoms with Gasteiger partial charge in [-0.2, -0.15) is 0 Å². The van der Waals surface area contributed by atoms with E-state index >= 15 is 0 Å². The molecule has 0 radical (unpaired) electrons. The number of hydrogen-bond donors (Lipinski definition) is 0. The zero-order valence-electron chi connectivity index (χ0n) is 12.0. The third-order valence-corrected chi connectivity index (χ3v) is 3.77. The van der Waals surface area contributed by atoms with E-state index in [1.807, 2.05) is 11.8 Å². The summed E-state index contributed by atoms with van der Waals surface area (Å²) in [4.78, 5) is 18.3. The van der Waals surface area contributed by atoms with Crippen LogP contribution in [0.15, 0.2) is 12.1 Å². The molecule has 1 aliphatic heterocycles. The van der Waals surface area contributed by atoms with Crippen molar-refractivity contribution in [2.75, 3.05) is 26.8 Å². The molecule has 2 heterocycles. The number of ether oxygens (including phenoxy) is 1. The zero-order valence-corrected chi connectivity index (χ0v) is 12.0. The molecule has 1 atom stereocenters. The second-order valence-corrected chi connectivity index (χ2v) is 5.31. The summed E-state index contributed by atoms with van der Waals surface area (Å²) >= 11 is 0. The number of hydrogen-bond acceptors (Lipinski definition) is 3. The quantitative estimate of drug-likeness (QED) is 0.811. The molecule has 1 saturated heterocycles. The molecule has 104 valence electrons. The number of aryl methyl sites for hydroxylation is 2. The predicted molar refractivity (Wildman–Crippen MR) is 74.0 cm³/mol. The molecule has 19 heavy (non-hydrogen) atoms. The Morgan fingerprint density at radius 2 is 2.21 bits per heavy atom. The summed E-state index contributed by atoms with van der Waals surface area (Å²) < 4.78 is 5.03. The highest BCUT2D eigenvalue weighted by Crippen LogP contribution is 2.21. The van der Waals surface area contributed by atoms with Crippen LogP contribution in [-0.2, 0) is 16.0 Å². The van der Waals surface area contributed by atoms with Crippen LogP contribution < -0.4 is 0 Å². The summed E-state index contributed by atoms with van der Waals surface area (Å²) in [5.41, 5.74) is 3.39. The number of amides is 1. The van der Waals surface area contributed by atoms with Gasteiger partial charge in [0.1, 0.15) is 0 Å². The van der Waals surface area contributed by atoms with Crippen LogP contribution in [0.5, 0.6) is 0 Å². The summed E-state index contributed by atoms with van der Waals surface area (Å²) in [6.07, 6.45) is 1.52. The zero-order chi connectivity index (χ0) is 13.8. The van der Waals surface area contributed by atoms with Gasteiger partial charge < -0.3 is 9.64 Å². The maximum Gasteiger partial charge on any atom is 0.223 e. The molecule has 0 bridgehead atoms. The first-order valence-corrected chi connectivity index (χ1v) is 6.80. The van der Waals surface area contributed by atoms with Crippen molar-refractivity contribution < 1.29 is 9.53 Å². The molecule has 1 aromatic rings. The normalized spacial score (nSPS) is 19.2. The van der Waals surface area contributed by atoms with Gasteiger partial charge in [-0.3, -0.25) is 9.78 Å². The first kappa shape index (κ1) is 14.0. The SMILES string of the molecule is COCCN1C[C@H](Cc2ccc(C)c(C)n2)CC1=O. The third kappa shape index (κ3) is 3.53. The number of aromatic nitrogens is 1. The molecule has 1 aliphatic rings. The van der Waals surface area contributed by atoms with Gasteiger partial charge >= 0.3 is 0 Å². The first-order valence-electron chi connectivity index (χ1n) is 6.80. The molecule has 4 nitrogen and oxygen atoms in total. The molecule has 0 spiro atoms. The van der Waals surface area contributed by atoms with E-state index in [-0.39, 0.29) is 5.91 Å². The number of pyridine rings is 1. The van der Waals surface area contributed by atoms with E-state index in [4.69, 9.17) is 4.74 Å². The Kier molecular flexibility index (Phi) is 4.53. The number of rotatable bonds is 5. The topological polar surface area (TPSA) is 42.4 Å². The van der Waals surface area contributed by atoms with E-state index in [0.29, 0.717) is 25.5 Å². The number of carbonyl (C=O) groups excluding carboxylic acids is 1. The molecule has 1 aromatic heterocycles. The van der Waals surface area contributed by atoms with E-state index in [1.165, 1.54) is 5.56 Å². The van der Waals surface area contributed by atoms with E-state index < -0.39 is 0 Å². The summed E-state index contributed by atoms with van der Waals surface area (Å²) in [7, 11) is 1.66. The van der Waals surface area contributed by atoms with E-state index in [2.05, 4.69) is 24.0 Å². The monoisotopic (exact) mass is 262 g/mol. The van der Waals surface area contributed by atoms with Gasteiger partial charge in [0.2, 0.25) is 5.91 Å². The second-order valence-electron chi connectivity index (χ2n) is 5.31. The average molecular weight is 262 g/mol. The lowest BCUT2D eigenvalue weighted by molar-refractivity contribution is -0.128. The largest absolute Gasteiger partial charge is 0.383 e. The Morgan fingerprint density at radius 1 is 1.42 bits per heavy atom. The highest BCUT2D eigenvalue weighted by Gasteiger charge is 2.29. The Morgan fingerprint density at radius 3 is 2.89 bits per heavy atom. The molecule has 0 aromatic carbocycles. The average Bonchev–Trinajstić information content (AvgIpc) is 2.72. The molecule has 2 rings (SSSR count). The molecule has 1 amide bonds. The number of methoxy groups -OCH3 is 1. The fraction of sp³-hybridized carbons (Fsp3) is 0.600. The maximum absolute atomic E-state index is 11.9. The summed E-state index contributed by atoms with van der Waals surface area (Å²) in [6, 6.07) is 4.18. The van der Waals surface area contributed by atoms with Crippen molar-refractivity contribution in [2.24, 2.45) is 5.92 Å². The molecule has 0 aliphatic carbocycles. The van der Waals surface area contributed by atoms with Gasteiger partial charge in [-0.05, 0) is 37.8 Å². The van der Waals surface area contributed by atoms with Crippen molar-refractivity contribution in [1.82, 2.24) is 9.88 Å². The van der Waals surface area contributed by atoms with E-state index in [9.17, 15) is 4.79 Å². The van der Waals surface area contributed by atoms with Gasteiger partial charge in [-0.1, -0.05) is 6.07 Å². The molecule has 0 N–H and O–H groups in total. The maximum atomic E-state index is 11.9. The molecular weight excluding hydrogens is 240 g/mol. The van der Waals surface area contributed by atoms with Crippen LogP contribution in [0.3, 0.4) is 0 Å². The smallest absolute Gasteiger partial charge is 0.223 e. The van der Waals surface area contributed by atoms with Crippen molar-refractivity contribution >= 4 is 5.91 Å². The van der Waals surface area contributed by atoms with Crippen LogP contribution in [0.2, 0.25) is 0 Å². The molecular formula is C15H22N2O2. The van der Waals surface area contributed by atoms with Crippen LogP contribution in [0, 0.1) is 19.8 Å². The van der Waals surface area contributed by atoms with Crippen molar-refractivity contribution in [2.45, 2.75) is 26.7 Å². The fourth-order valence-corrected chi connectivity index (χ4v) is 2.50. The van der Waals surface area contributed by atoms with Gasteiger partial charge in [0.25, 0.3) is 0 Å². The first-order chi connectivity index (χ1) is 9.10. The standard InChI is InChI=1S/C15H22N2O2/c1-11-4-5-14(16-12(11)2)8-13-9-15(18)17(10-13)6-7-19-3/h4-5,13H,6-10H2,1-3H3/t13-/m1/s1. The van der Waals surface area contributed by atoms with Crippen LogP contribution in [0.4, 0.5) is 0 Å². The Labute approximate surface area is 114 Å². The van der Waals surface area contributed by atoms with Crippen LogP contribution in [0.1, 0.15) is 23.4 Å². The third-order valence-electron chi connectivity index (χ3n) is 3.77. The molecule has 1 fully saturated rings. The van der Waals surface area contributed by atoms with E-state index in [1.54, 1.807) is 7.11 Å². The summed E-state index contributed by atoms with van der Waals surface area (Å²) in [6.45, 7) is 6.24. The fourth-order valence-electron chi connectivity index (χ4n) is 2.50. The minimum Gasteiger partial charge on any atom is -0.383 e. The number of likely N-dealkylation sites (tertiary alicyclic amines) is 1. The van der Waals surface area contributed by atoms with Crippen LogP contribution in [-0.4, -0.2) is 42.6 Å². The Hall–Kier alpha value is -1.42. The van der Waals surface area contributed by atoms with Gasteiger partial charge in [-0.25, -0.2) is 0 Å². The van der Waals surface area contributed by atoms with Crippen molar-refractivity contribution in [3.8, 4) is 0 Å². The highest BCUT2D eigenvalue weighted by molar-refractivity contribution is 5.78. The Balaban J connectivity index is 1.93. The van der Waals surface area contributed by atoms with Gasteiger partial charge in [-0.15, -0.1) is 0 Å². The molecule has 0 unspecified atom stereocenters. The summed E-state index contributed by atoms with van der Waals surface area (Å²) in [5.74, 6) is 0.629. The summed E-state index contributed by atoms with van der Waals surface area (Å²) in [5, 5.41) is 0. The van der Waals surface area contributed by atoms with Crippen LogP contribution in [0.25, 0.3) is 0 Å². The number of nitrogens with zero attached hydrogens (tertiary/aromatic N) is 2. The highest BCUT2D eigenvalue weighted by atomic mass is 16.5. The van der Waals surface area contributed by atoms with Crippen LogP contribution >= 0.6 is 0 Å². The minimum absolute atomic E-state index is 0.242. The van der Waals surface area contributed by atoms with Crippen molar-refractivity contribution in [3.05, 3.63) is 29.1 Å². The molecule has 4 heteroatoms. The number of carbonyl (C=O) groups is 1. The van der Waals surface area contributed by atoms with Gasteiger partial charge in [0, 0.05) is 38.0 Å². The van der Waals surface area contributed by atoms with Crippen molar-refractivity contribution in [1.29, 1.82) is 0 Å². The van der Waals surface area contributed by atoms with Gasteiger partial charge in [0.15, 0.2) is 0 Å². The van der Waals surface area contributed by atoms with Crippen molar-refractivity contribution in [3.63, 3.8) is 0 Å². The van der Waals surface area contributed by atoms with Gasteiger partial charge in [0.05, 0.1) is 6.61 Å². The Bertz CT molecular complexity index is 459. The lowest BCUT2D eigenvalue weighted by atomic mass is 10.0. The minimum atomic E-state index is 0.242. The second kappa shape index (κ2) is 6.15. The predicted octanol–water partition coefficient (Wildman–Crippen LogP) is 1.74.